The summed E-state index contributed by atoms with van der Waals surface area (Å²) in [6, 6.07) is 2.41. The highest BCUT2D eigenvalue weighted by atomic mass is 15.1. The SMILES string of the molecule is CC1CCNC(c2nc3cnccc3n2C)C1. The second kappa shape index (κ2) is 4.11. The Morgan fingerprint density at radius 1 is 1.47 bits per heavy atom. The van der Waals surface area contributed by atoms with Gasteiger partial charge >= 0.3 is 0 Å². The summed E-state index contributed by atoms with van der Waals surface area (Å²) in [6.07, 6.45) is 6.10. The smallest absolute Gasteiger partial charge is 0.126 e. The van der Waals surface area contributed by atoms with Crippen LogP contribution < -0.4 is 5.32 Å². The van der Waals surface area contributed by atoms with Gasteiger partial charge in [0.25, 0.3) is 0 Å². The van der Waals surface area contributed by atoms with Crippen LogP contribution in [-0.4, -0.2) is 21.1 Å². The van der Waals surface area contributed by atoms with E-state index in [-0.39, 0.29) is 0 Å². The Kier molecular flexibility index (Phi) is 2.59. The molecule has 0 saturated carbocycles. The molecule has 1 fully saturated rings. The first-order valence-electron chi connectivity index (χ1n) is 6.25. The summed E-state index contributed by atoms with van der Waals surface area (Å²) in [5.74, 6) is 1.92. The lowest BCUT2D eigenvalue weighted by molar-refractivity contribution is 0.312. The predicted octanol–water partition coefficient (Wildman–Crippen LogP) is 2.03. The maximum absolute atomic E-state index is 4.71. The molecule has 1 saturated heterocycles. The number of imidazole rings is 1. The summed E-state index contributed by atoms with van der Waals surface area (Å²) in [4.78, 5) is 8.84. The normalized spacial score (nSPS) is 25.3. The predicted molar refractivity (Wildman–Crippen MR) is 67.7 cm³/mol. The van der Waals surface area contributed by atoms with Crippen LogP contribution >= 0.6 is 0 Å². The molecule has 1 aliphatic rings. The zero-order chi connectivity index (χ0) is 11.8. The molecule has 3 rings (SSSR count). The Bertz CT molecular complexity index is 531. The molecular formula is C13H18N4. The van der Waals surface area contributed by atoms with Crippen LogP contribution in [0.15, 0.2) is 18.5 Å². The van der Waals surface area contributed by atoms with E-state index in [1.54, 1.807) is 0 Å². The topological polar surface area (TPSA) is 42.7 Å². The van der Waals surface area contributed by atoms with Gasteiger partial charge in [0.1, 0.15) is 11.3 Å². The van der Waals surface area contributed by atoms with Crippen LogP contribution in [0.3, 0.4) is 0 Å². The number of nitrogens with zero attached hydrogens (tertiary/aromatic N) is 3. The van der Waals surface area contributed by atoms with E-state index >= 15 is 0 Å². The second-order valence-electron chi connectivity index (χ2n) is 5.03. The molecule has 2 unspecified atom stereocenters. The third kappa shape index (κ3) is 1.82. The van der Waals surface area contributed by atoms with Gasteiger partial charge in [-0.15, -0.1) is 0 Å². The van der Waals surface area contributed by atoms with Gasteiger partial charge in [-0.1, -0.05) is 6.92 Å². The summed E-state index contributed by atoms with van der Waals surface area (Å²) < 4.78 is 2.19. The lowest BCUT2D eigenvalue weighted by Gasteiger charge is -2.27. The van der Waals surface area contributed by atoms with E-state index in [4.69, 9.17) is 4.98 Å². The van der Waals surface area contributed by atoms with Crippen molar-refractivity contribution >= 4 is 11.0 Å². The van der Waals surface area contributed by atoms with Crippen LogP contribution in [0.1, 0.15) is 31.6 Å². The molecule has 2 atom stereocenters. The van der Waals surface area contributed by atoms with Crippen molar-refractivity contribution in [3.05, 3.63) is 24.3 Å². The maximum Gasteiger partial charge on any atom is 0.126 e. The van der Waals surface area contributed by atoms with Crippen LogP contribution in [0, 0.1) is 5.92 Å². The highest BCUT2D eigenvalue weighted by molar-refractivity contribution is 5.74. The molecular weight excluding hydrogens is 212 g/mol. The maximum atomic E-state index is 4.71. The first-order valence-corrected chi connectivity index (χ1v) is 6.25. The van der Waals surface area contributed by atoms with Crippen molar-refractivity contribution < 1.29 is 0 Å². The molecule has 0 spiro atoms. The Hall–Kier alpha value is -1.42. The quantitative estimate of drug-likeness (QED) is 0.815. The average molecular weight is 230 g/mol. The second-order valence-corrected chi connectivity index (χ2v) is 5.03. The number of hydrogen-bond acceptors (Lipinski definition) is 3. The van der Waals surface area contributed by atoms with E-state index in [0.29, 0.717) is 6.04 Å². The minimum absolute atomic E-state index is 0.385. The van der Waals surface area contributed by atoms with Gasteiger partial charge in [-0.25, -0.2) is 4.98 Å². The largest absolute Gasteiger partial charge is 0.330 e. The van der Waals surface area contributed by atoms with E-state index in [9.17, 15) is 0 Å². The fourth-order valence-corrected chi connectivity index (χ4v) is 2.69. The number of aromatic nitrogens is 3. The Balaban J connectivity index is 2.02. The van der Waals surface area contributed by atoms with Gasteiger partial charge in [0, 0.05) is 13.2 Å². The molecule has 0 radical (unpaired) electrons. The summed E-state index contributed by atoms with van der Waals surface area (Å²) in [5.41, 5.74) is 2.15. The van der Waals surface area contributed by atoms with E-state index in [2.05, 4.69) is 28.8 Å². The van der Waals surface area contributed by atoms with Crippen LogP contribution in [-0.2, 0) is 7.05 Å². The molecule has 4 heteroatoms. The van der Waals surface area contributed by atoms with Gasteiger partial charge < -0.3 is 9.88 Å². The van der Waals surface area contributed by atoms with Gasteiger partial charge in [0.15, 0.2) is 0 Å². The molecule has 2 aromatic heterocycles. The summed E-state index contributed by atoms with van der Waals surface area (Å²) in [7, 11) is 2.09. The van der Waals surface area contributed by atoms with Crippen LogP contribution in [0.4, 0.5) is 0 Å². The van der Waals surface area contributed by atoms with E-state index in [1.807, 2.05) is 18.5 Å². The fourth-order valence-electron chi connectivity index (χ4n) is 2.69. The van der Waals surface area contributed by atoms with E-state index in [0.717, 1.165) is 29.3 Å². The van der Waals surface area contributed by atoms with Crippen molar-refractivity contribution in [2.75, 3.05) is 6.54 Å². The van der Waals surface area contributed by atoms with Gasteiger partial charge in [-0.05, 0) is 31.4 Å². The first kappa shape index (κ1) is 10.7. The van der Waals surface area contributed by atoms with E-state index in [1.165, 1.54) is 12.8 Å². The van der Waals surface area contributed by atoms with Crippen molar-refractivity contribution in [1.29, 1.82) is 0 Å². The Labute approximate surface area is 101 Å². The average Bonchev–Trinajstić information content (AvgIpc) is 2.68. The highest BCUT2D eigenvalue weighted by Gasteiger charge is 2.23. The van der Waals surface area contributed by atoms with Crippen molar-refractivity contribution in [2.45, 2.75) is 25.8 Å². The summed E-state index contributed by atoms with van der Waals surface area (Å²) in [6.45, 7) is 3.41. The van der Waals surface area contributed by atoms with E-state index < -0.39 is 0 Å². The Morgan fingerprint density at radius 2 is 2.35 bits per heavy atom. The molecule has 4 nitrogen and oxygen atoms in total. The van der Waals surface area contributed by atoms with Crippen LogP contribution in [0.25, 0.3) is 11.0 Å². The standard InChI is InChI=1S/C13H18N4/c1-9-3-6-15-10(7-9)13-16-11-8-14-5-4-12(11)17(13)2/h4-5,8-10,15H,3,6-7H2,1-2H3. The molecule has 1 N–H and O–H groups in total. The number of piperidine rings is 1. The molecule has 3 heterocycles. The third-order valence-corrected chi connectivity index (χ3v) is 3.70. The van der Waals surface area contributed by atoms with Crippen molar-refractivity contribution in [2.24, 2.45) is 13.0 Å². The molecule has 17 heavy (non-hydrogen) atoms. The van der Waals surface area contributed by atoms with Gasteiger partial charge in [0.05, 0.1) is 17.8 Å². The Morgan fingerprint density at radius 3 is 3.12 bits per heavy atom. The van der Waals surface area contributed by atoms with Crippen LogP contribution in [0.2, 0.25) is 0 Å². The zero-order valence-corrected chi connectivity index (χ0v) is 10.3. The molecule has 1 aliphatic heterocycles. The van der Waals surface area contributed by atoms with Crippen LogP contribution in [0.5, 0.6) is 0 Å². The van der Waals surface area contributed by atoms with Crippen molar-refractivity contribution in [3.8, 4) is 0 Å². The number of aryl methyl sites for hydroxylation is 1. The number of pyridine rings is 1. The number of fused-ring (bicyclic) bond motifs is 1. The monoisotopic (exact) mass is 230 g/mol. The summed E-state index contributed by atoms with van der Waals surface area (Å²) >= 11 is 0. The minimum atomic E-state index is 0.385. The number of rotatable bonds is 1. The lowest BCUT2D eigenvalue weighted by atomic mass is 9.94. The third-order valence-electron chi connectivity index (χ3n) is 3.70. The van der Waals surface area contributed by atoms with Gasteiger partial charge in [0.2, 0.25) is 0 Å². The lowest BCUT2D eigenvalue weighted by Crippen LogP contribution is -2.32. The van der Waals surface area contributed by atoms with Crippen molar-refractivity contribution in [1.82, 2.24) is 19.9 Å². The number of nitrogens with one attached hydrogen (secondary N) is 1. The fraction of sp³-hybridized carbons (Fsp3) is 0.538. The van der Waals surface area contributed by atoms with Gasteiger partial charge in [-0.2, -0.15) is 0 Å². The molecule has 0 bridgehead atoms. The highest BCUT2D eigenvalue weighted by Crippen LogP contribution is 2.27. The zero-order valence-electron chi connectivity index (χ0n) is 10.3. The molecule has 0 aromatic carbocycles. The molecule has 90 valence electrons. The number of hydrogen-bond donors (Lipinski definition) is 1. The molecule has 0 amide bonds. The first-order chi connectivity index (χ1) is 8.25. The van der Waals surface area contributed by atoms with Crippen molar-refractivity contribution in [3.63, 3.8) is 0 Å². The summed E-state index contributed by atoms with van der Waals surface area (Å²) in [5, 5.41) is 3.56. The molecule has 0 aliphatic carbocycles. The van der Waals surface area contributed by atoms with Gasteiger partial charge in [-0.3, -0.25) is 4.98 Å². The minimum Gasteiger partial charge on any atom is -0.330 e. The molecule has 2 aromatic rings.